The Labute approximate surface area is 198 Å². The second-order valence-electron chi connectivity index (χ2n) is 8.48. The van der Waals surface area contributed by atoms with E-state index in [1.165, 1.54) is 12.1 Å². The van der Waals surface area contributed by atoms with Gasteiger partial charge in [-0.2, -0.15) is 5.10 Å². The van der Waals surface area contributed by atoms with Crippen molar-refractivity contribution in [2.75, 3.05) is 39.4 Å². The lowest BCUT2D eigenvalue weighted by molar-refractivity contribution is -0.384. The van der Waals surface area contributed by atoms with E-state index in [0.29, 0.717) is 23.5 Å². The van der Waals surface area contributed by atoms with Gasteiger partial charge >= 0.3 is 0 Å². The Balaban J connectivity index is 1.56. The van der Waals surface area contributed by atoms with E-state index in [0.717, 1.165) is 56.1 Å². The summed E-state index contributed by atoms with van der Waals surface area (Å²) in [7, 11) is 0. The van der Waals surface area contributed by atoms with Crippen molar-refractivity contribution in [3.8, 4) is 16.9 Å². The highest BCUT2D eigenvalue weighted by Crippen LogP contribution is 2.25. The molecule has 2 heterocycles. The number of nitro benzene ring substituents is 1. The molecule has 4 rings (SSSR count). The number of nitrogens with one attached hydrogen (secondary N) is 1. The van der Waals surface area contributed by atoms with Crippen LogP contribution < -0.4 is 5.32 Å². The highest BCUT2D eigenvalue weighted by atomic mass is 16.6. The number of morpholine rings is 1. The molecule has 1 aromatic heterocycles. The predicted molar refractivity (Wildman–Crippen MR) is 129 cm³/mol. The summed E-state index contributed by atoms with van der Waals surface area (Å²) in [5, 5.41) is 18.7. The van der Waals surface area contributed by atoms with Crippen LogP contribution in [0.3, 0.4) is 0 Å². The van der Waals surface area contributed by atoms with E-state index in [1.54, 1.807) is 22.9 Å². The standard InChI is InChI=1S/C25H29N5O4/c1-18-4-9-23(19(2)16-18)29-24(25(31)26-10-3-11-28-12-14-34-15-13-28)17-22(27-29)20-5-7-21(8-6-20)30(32)33/h4-9,16-17H,3,10-15H2,1-2H3,(H,26,31). The summed E-state index contributed by atoms with van der Waals surface area (Å²) in [6, 6.07) is 13.9. The van der Waals surface area contributed by atoms with E-state index < -0.39 is 4.92 Å². The number of carbonyl (C=O) groups is 1. The number of hydrogen-bond donors (Lipinski definition) is 1. The molecule has 1 fully saturated rings. The van der Waals surface area contributed by atoms with E-state index in [2.05, 4.69) is 10.2 Å². The zero-order valence-electron chi connectivity index (χ0n) is 19.5. The molecule has 0 atom stereocenters. The summed E-state index contributed by atoms with van der Waals surface area (Å²) in [5.41, 5.74) is 4.65. The fraction of sp³-hybridized carbons (Fsp3) is 0.360. The molecule has 34 heavy (non-hydrogen) atoms. The van der Waals surface area contributed by atoms with Crippen molar-refractivity contribution in [2.45, 2.75) is 20.3 Å². The number of aryl methyl sites for hydroxylation is 2. The number of benzene rings is 2. The zero-order valence-corrected chi connectivity index (χ0v) is 19.5. The van der Waals surface area contributed by atoms with Gasteiger partial charge in [-0.1, -0.05) is 17.7 Å². The Morgan fingerprint density at radius 3 is 2.53 bits per heavy atom. The Morgan fingerprint density at radius 1 is 1.12 bits per heavy atom. The van der Waals surface area contributed by atoms with E-state index >= 15 is 0 Å². The molecule has 0 saturated carbocycles. The molecule has 0 spiro atoms. The monoisotopic (exact) mass is 463 g/mol. The summed E-state index contributed by atoms with van der Waals surface area (Å²) in [6.07, 6.45) is 0.846. The minimum absolute atomic E-state index is 0.01000. The van der Waals surface area contributed by atoms with Gasteiger partial charge in [0.05, 0.1) is 29.5 Å². The third kappa shape index (κ3) is 5.49. The average molecular weight is 464 g/mol. The van der Waals surface area contributed by atoms with Gasteiger partial charge in [-0.05, 0) is 56.6 Å². The second kappa shape index (κ2) is 10.6. The number of non-ortho nitro benzene ring substituents is 1. The lowest BCUT2D eigenvalue weighted by Crippen LogP contribution is -2.38. The summed E-state index contributed by atoms with van der Waals surface area (Å²) in [6.45, 7) is 8.83. The van der Waals surface area contributed by atoms with Crippen molar-refractivity contribution in [1.82, 2.24) is 20.0 Å². The van der Waals surface area contributed by atoms with Crippen molar-refractivity contribution in [3.63, 3.8) is 0 Å². The van der Waals surface area contributed by atoms with Gasteiger partial charge in [0, 0.05) is 37.3 Å². The minimum atomic E-state index is -0.437. The number of aromatic nitrogens is 2. The van der Waals surface area contributed by atoms with Gasteiger partial charge in [-0.25, -0.2) is 4.68 Å². The van der Waals surface area contributed by atoms with Gasteiger partial charge in [0.15, 0.2) is 0 Å². The molecule has 2 aromatic carbocycles. The zero-order chi connectivity index (χ0) is 24.1. The van der Waals surface area contributed by atoms with Crippen molar-refractivity contribution < 1.29 is 14.5 Å². The summed E-state index contributed by atoms with van der Waals surface area (Å²) < 4.78 is 7.03. The first-order chi connectivity index (χ1) is 16.4. The van der Waals surface area contributed by atoms with Crippen LogP contribution in [-0.4, -0.2) is 64.9 Å². The molecular formula is C25H29N5O4. The van der Waals surface area contributed by atoms with Crippen LogP contribution >= 0.6 is 0 Å². The van der Waals surface area contributed by atoms with Gasteiger partial charge in [0.1, 0.15) is 5.69 Å². The first-order valence-corrected chi connectivity index (χ1v) is 11.4. The van der Waals surface area contributed by atoms with Gasteiger partial charge in [-0.3, -0.25) is 19.8 Å². The number of amides is 1. The topological polar surface area (TPSA) is 103 Å². The molecule has 9 nitrogen and oxygen atoms in total. The molecule has 1 aliphatic rings. The van der Waals surface area contributed by atoms with Crippen molar-refractivity contribution in [3.05, 3.63) is 75.5 Å². The normalized spacial score (nSPS) is 14.2. The quantitative estimate of drug-likeness (QED) is 0.312. The maximum atomic E-state index is 13.2. The first kappa shape index (κ1) is 23.6. The molecule has 178 valence electrons. The third-order valence-electron chi connectivity index (χ3n) is 5.94. The smallest absolute Gasteiger partial charge is 0.270 e. The molecule has 0 unspecified atom stereocenters. The number of rotatable bonds is 8. The molecule has 1 saturated heterocycles. The Bertz CT molecular complexity index is 1170. The largest absolute Gasteiger partial charge is 0.379 e. The molecule has 1 aliphatic heterocycles. The Kier molecular flexibility index (Phi) is 7.34. The van der Waals surface area contributed by atoms with Gasteiger partial charge in [0.25, 0.3) is 11.6 Å². The Hall–Kier alpha value is -3.56. The molecule has 0 aliphatic carbocycles. The van der Waals surface area contributed by atoms with Crippen LogP contribution in [-0.2, 0) is 4.74 Å². The van der Waals surface area contributed by atoms with Crippen molar-refractivity contribution in [1.29, 1.82) is 0 Å². The molecular weight excluding hydrogens is 434 g/mol. The third-order valence-corrected chi connectivity index (χ3v) is 5.94. The summed E-state index contributed by atoms with van der Waals surface area (Å²) in [5.74, 6) is -0.206. The molecule has 9 heteroatoms. The molecule has 0 radical (unpaired) electrons. The molecule has 3 aromatic rings. The number of carbonyl (C=O) groups excluding carboxylic acids is 1. The van der Waals surface area contributed by atoms with Gasteiger partial charge in [0.2, 0.25) is 0 Å². The number of hydrogen-bond acceptors (Lipinski definition) is 6. The van der Waals surface area contributed by atoms with Crippen LogP contribution in [0.5, 0.6) is 0 Å². The maximum Gasteiger partial charge on any atom is 0.270 e. The lowest BCUT2D eigenvalue weighted by atomic mass is 10.1. The van der Waals surface area contributed by atoms with E-state index in [4.69, 9.17) is 9.84 Å². The van der Waals surface area contributed by atoms with Crippen molar-refractivity contribution >= 4 is 11.6 Å². The first-order valence-electron chi connectivity index (χ1n) is 11.4. The molecule has 1 N–H and O–H groups in total. The molecule has 0 bridgehead atoms. The van der Waals surface area contributed by atoms with Gasteiger partial charge < -0.3 is 10.1 Å². The highest BCUT2D eigenvalue weighted by molar-refractivity contribution is 5.94. The maximum absolute atomic E-state index is 13.2. The summed E-state index contributed by atoms with van der Waals surface area (Å²) in [4.78, 5) is 26.1. The van der Waals surface area contributed by atoms with Crippen LogP contribution in [0.4, 0.5) is 5.69 Å². The van der Waals surface area contributed by atoms with Crippen LogP contribution in [0, 0.1) is 24.0 Å². The van der Waals surface area contributed by atoms with E-state index in [1.807, 2.05) is 32.0 Å². The van der Waals surface area contributed by atoms with E-state index in [-0.39, 0.29) is 11.6 Å². The van der Waals surface area contributed by atoms with Crippen LogP contribution in [0.15, 0.2) is 48.5 Å². The number of nitro groups is 1. The Morgan fingerprint density at radius 2 is 1.85 bits per heavy atom. The number of ether oxygens (including phenoxy) is 1. The fourth-order valence-electron chi connectivity index (χ4n) is 4.08. The minimum Gasteiger partial charge on any atom is -0.379 e. The second-order valence-corrected chi connectivity index (χ2v) is 8.48. The fourth-order valence-corrected chi connectivity index (χ4v) is 4.08. The highest BCUT2D eigenvalue weighted by Gasteiger charge is 2.19. The SMILES string of the molecule is Cc1ccc(-n2nc(-c3ccc([N+](=O)[O-])cc3)cc2C(=O)NCCCN2CCOCC2)c(C)c1. The summed E-state index contributed by atoms with van der Waals surface area (Å²) >= 11 is 0. The van der Waals surface area contributed by atoms with Crippen molar-refractivity contribution in [2.24, 2.45) is 0 Å². The lowest BCUT2D eigenvalue weighted by Gasteiger charge is -2.26. The van der Waals surface area contributed by atoms with Crippen LogP contribution in [0.1, 0.15) is 28.0 Å². The average Bonchev–Trinajstić information content (AvgIpc) is 3.28. The van der Waals surface area contributed by atoms with Gasteiger partial charge in [-0.15, -0.1) is 0 Å². The van der Waals surface area contributed by atoms with Crippen LogP contribution in [0.2, 0.25) is 0 Å². The number of nitrogens with zero attached hydrogens (tertiary/aromatic N) is 4. The predicted octanol–water partition coefficient (Wildman–Crippen LogP) is 3.52. The molecule has 1 amide bonds. The van der Waals surface area contributed by atoms with E-state index in [9.17, 15) is 14.9 Å². The van der Waals surface area contributed by atoms with Crippen LogP contribution in [0.25, 0.3) is 16.9 Å².